The monoisotopic (exact) mass is 329 g/mol. The molecule has 0 aromatic heterocycles. The van der Waals surface area contributed by atoms with Gasteiger partial charge in [-0.1, -0.05) is 24.3 Å². The Balaban J connectivity index is 1.29. The number of carbonyl (C=O) groups is 1. The number of hydrogen-bond acceptors (Lipinski definition) is 3. The Morgan fingerprint density at radius 3 is 2.79 bits per heavy atom. The van der Waals surface area contributed by atoms with Crippen LogP contribution in [0.15, 0.2) is 24.3 Å². The van der Waals surface area contributed by atoms with Gasteiger partial charge >= 0.3 is 0 Å². The molecule has 0 bridgehead atoms. The van der Waals surface area contributed by atoms with Crippen molar-refractivity contribution < 1.29 is 14.3 Å². The molecule has 24 heavy (non-hydrogen) atoms. The standard InChI is InChI=1S/C20H27NO3/c1-15-4-2-3-5-17(15)10-19(22)21-13-20(14-21)18(8-9-24-20)12-23-11-16-6-7-16/h2-5,16,18H,6-14H2,1H3/t18-/m1/s1. The molecular weight excluding hydrogens is 302 g/mol. The average Bonchev–Trinajstić information content (AvgIpc) is 3.25. The quantitative estimate of drug-likeness (QED) is 0.805. The van der Waals surface area contributed by atoms with Crippen LogP contribution >= 0.6 is 0 Å². The second kappa shape index (κ2) is 6.49. The fourth-order valence-electron chi connectivity index (χ4n) is 3.89. The first-order chi connectivity index (χ1) is 11.7. The fraction of sp³-hybridized carbons (Fsp3) is 0.650. The van der Waals surface area contributed by atoms with Crippen LogP contribution in [0.5, 0.6) is 0 Å². The molecule has 2 aliphatic heterocycles. The molecule has 0 N–H and O–H groups in total. The lowest BCUT2D eigenvalue weighted by Gasteiger charge is -2.50. The lowest BCUT2D eigenvalue weighted by molar-refractivity contribution is -0.168. The molecule has 0 radical (unpaired) electrons. The smallest absolute Gasteiger partial charge is 0.227 e. The third-order valence-corrected chi connectivity index (χ3v) is 5.84. The third kappa shape index (κ3) is 3.22. The van der Waals surface area contributed by atoms with Crippen LogP contribution in [0, 0.1) is 18.8 Å². The molecule has 3 aliphatic rings. The Hall–Kier alpha value is -1.39. The zero-order valence-corrected chi connectivity index (χ0v) is 14.5. The van der Waals surface area contributed by atoms with Gasteiger partial charge in [0.05, 0.1) is 26.1 Å². The van der Waals surface area contributed by atoms with Crippen molar-refractivity contribution in [2.24, 2.45) is 11.8 Å². The van der Waals surface area contributed by atoms with Gasteiger partial charge < -0.3 is 14.4 Å². The summed E-state index contributed by atoms with van der Waals surface area (Å²) in [6.45, 7) is 6.02. The van der Waals surface area contributed by atoms with Gasteiger partial charge in [-0.15, -0.1) is 0 Å². The predicted octanol–water partition coefficient (Wildman–Crippen LogP) is 2.58. The van der Waals surface area contributed by atoms with Crippen LogP contribution in [-0.2, 0) is 20.7 Å². The first-order valence-electron chi connectivity index (χ1n) is 9.20. The lowest BCUT2D eigenvalue weighted by atomic mass is 9.81. The predicted molar refractivity (Wildman–Crippen MR) is 91.8 cm³/mol. The maximum absolute atomic E-state index is 12.5. The van der Waals surface area contributed by atoms with Crippen molar-refractivity contribution in [2.45, 2.75) is 38.2 Å². The van der Waals surface area contributed by atoms with Gasteiger partial charge in [0.15, 0.2) is 0 Å². The van der Waals surface area contributed by atoms with Gasteiger partial charge in [-0.3, -0.25) is 4.79 Å². The highest BCUT2D eigenvalue weighted by Crippen LogP contribution is 2.40. The number of ether oxygens (including phenoxy) is 2. The highest BCUT2D eigenvalue weighted by Gasteiger charge is 2.54. The maximum atomic E-state index is 12.5. The highest BCUT2D eigenvalue weighted by molar-refractivity contribution is 5.80. The molecule has 1 amide bonds. The van der Waals surface area contributed by atoms with Crippen molar-refractivity contribution in [3.63, 3.8) is 0 Å². The van der Waals surface area contributed by atoms with E-state index in [9.17, 15) is 4.79 Å². The summed E-state index contributed by atoms with van der Waals surface area (Å²) in [5.41, 5.74) is 2.18. The maximum Gasteiger partial charge on any atom is 0.227 e. The fourth-order valence-corrected chi connectivity index (χ4v) is 3.89. The molecule has 1 aromatic rings. The summed E-state index contributed by atoms with van der Waals surface area (Å²) in [4.78, 5) is 14.5. The van der Waals surface area contributed by atoms with E-state index >= 15 is 0 Å². The Morgan fingerprint density at radius 1 is 1.25 bits per heavy atom. The van der Waals surface area contributed by atoms with E-state index in [0.717, 1.165) is 50.8 Å². The highest BCUT2D eigenvalue weighted by atomic mass is 16.5. The second-order valence-electron chi connectivity index (χ2n) is 7.73. The summed E-state index contributed by atoms with van der Waals surface area (Å²) in [5.74, 6) is 1.46. The van der Waals surface area contributed by atoms with E-state index in [0.29, 0.717) is 12.3 Å². The molecule has 130 valence electrons. The van der Waals surface area contributed by atoms with Gasteiger partial charge in [-0.2, -0.15) is 0 Å². The van der Waals surface area contributed by atoms with E-state index in [2.05, 4.69) is 13.0 Å². The van der Waals surface area contributed by atoms with Gasteiger partial charge in [0.25, 0.3) is 0 Å². The van der Waals surface area contributed by atoms with Crippen LogP contribution in [-0.4, -0.2) is 49.3 Å². The number of rotatable bonds is 6. The van der Waals surface area contributed by atoms with Gasteiger partial charge in [0.2, 0.25) is 5.91 Å². The summed E-state index contributed by atoms with van der Waals surface area (Å²) in [5, 5.41) is 0. The van der Waals surface area contributed by atoms with E-state index in [1.54, 1.807) is 0 Å². The Morgan fingerprint density at radius 2 is 2.04 bits per heavy atom. The summed E-state index contributed by atoms with van der Waals surface area (Å²) in [6, 6.07) is 8.12. The molecule has 2 saturated heterocycles. The first kappa shape index (κ1) is 16.1. The number of carbonyl (C=O) groups excluding carboxylic acids is 1. The number of nitrogens with zero attached hydrogens (tertiary/aromatic N) is 1. The van der Waals surface area contributed by atoms with E-state index in [1.165, 1.54) is 18.4 Å². The van der Waals surface area contributed by atoms with Gasteiger partial charge in [0.1, 0.15) is 5.60 Å². The molecule has 4 heteroatoms. The minimum absolute atomic E-state index is 0.134. The molecule has 3 fully saturated rings. The summed E-state index contributed by atoms with van der Waals surface area (Å²) < 4.78 is 11.9. The van der Waals surface area contributed by atoms with Crippen LogP contribution in [0.3, 0.4) is 0 Å². The van der Waals surface area contributed by atoms with Crippen LogP contribution in [0.2, 0.25) is 0 Å². The molecule has 1 atom stereocenters. The molecule has 4 rings (SSSR count). The van der Waals surface area contributed by atoms with Gasteiger partial charge in [-0.25, -0.2) is 0 Å². The van der Waals surface area contributed by atoms with E-state index in [4.69, 9.17) is 9.47 Å². The minimum Gasteiger partial charge on any atom is -0.381 e. The topological polar surface area (TPSA) is 38.8 Å². The number of hydrogen-bond donors (Lipinski definition) is 0. The minimum atomic E-state index is -0.134. The molecule has 2 heterocycles. The molecule has 4 nitrogen and oxygen atoms in total. The SMILES string of the molecule is Cc1ccccc1CC(=O)N1CC2(C1)OCC[C@@H]2COCC1CC1. The van der Waals surface area contributed by atoms with Crippen LogP contribution in [0.25, 0.3) is 0 Å². The summed E-state index contributed by atoms with van der Waals surface area (Å²) in [7, 11) is 0. The summed E-state index contributed by atoms with van der Waals surface area (Å²) in [6.07, 6.45) is 4.21. The molecule has 1 saturated carbocycles. The van der Waals surface area contributed by atoms with Crippen molar-refractivity contribution in [1.29, 1.82) is 0 Å². The third-order valence-electron chi connectivity index (χ3n) is 5.84. The molecule has 0 unspecified atom stereocenters. The average molecular weight is 329 g/mol. The molecule has 1 aliphatic carbocycles. The van der Waals surface area contributed by atoms with Crippen LogP contribution in [0.4, 0.5) is 0 Å². The van der Waals surface area contributed by atoms with Crippen LogP contribution in [0.1, 0.15) is 30.4 Å². The number of aryl methyl sites for hydroxylation is 1. The number of benzene rings is 1. The Kier molecular flexibility index (Phi) is 4.35. The zero-order chi connectivity index (χ0) is 16.6. The van der Waals surface area contributed by atoms with Crippen molar-refractivity contribution in [2.75, 3.05) is 32.9 Å². The largest absolute Gasteiger partial charge is 0.381 e. The Labute approximate surface area is 144 Å². The Bertz CT molecular complexity index is 605. The van der Waals surface area contributed by atoms with Crippen molar-refractivity contribution >= 4 is 5.91 Å². The van der Waals surface area contributed by atoms with E-state index in [-0.39, 0.29) is 11.5 Å². The van der Waals surface area contributed by atoms with Crippen LogP contribution < -0.4 is 0 Å². The molecular formula is C20H27NO3. The first-order valence-corrected chi connectivity index (χ1v) is 9.20. The number of likely N-dealkylation sites (tertiary alicyclic amines) is 1. The van der Waals surface area contributed by atoms with Crippen molar-refractivity contribution in [3.8, 4) is 0 Å². The van der Waals surface area contributed by atoms with E-state index < -0.39 is 0 Å². The second-order valence-corrected chi connectivity index (χ2v) is 7.73. The zero-order valence-electron chi connectivity index (χ0n) is 14.5. The molecule has 1 aromatic carbocycles. The molecule has 1 spiro atoms. The van der Waals surface area contributed by atoms with Crippen molar-refractivity contribution in [1.82, 2.24) is 4.90 Å². The normalized spacial score (nSPS) is 25.0. The lowest BCUT2D eigenvalue weighted by Crippen LogP contribution is -2.66. The van der Waals surface area contributed by atoms with Gasteiger partial charge in [0, 0.05) is 19.1 Å². The van der Waals surface area contributed by atoms with Crippen molar-refractivity contribution in [3.05, 3.63) is 35.4 Å². The van der Waals surface area contributed by atoms with E-state index in [1.807, 2.05) is 23.1 Å². The number of amides is 1. The van der Waals surface area contributed by atoms with Gasteiger partial charge in [-0.05, 0) is 43.2 Å². The summed E-state index contributed by atoms with van der Waals surface area (Å²) >= 11 is 0.